The second-order valence-corrected chi connectivity index (χ2v) is 8.61. The fourth-order valence-corrected chi connectivity index (χ4v) is 3.25. The number of nitrogens with zero attached hydrogens (tertiary/aromatic N) is 5. The zero-order valence-corrected chi connectivity index (χ0v) is 21.6. The Morgan fingerprint density at radius 1 is 1.29 bits per heavy atom. The Morgan fingerprint density at radius 3 is 2.60 bits per heavy atom. The van der Waals surface area contributed by atoms with E-state index in [4.69, 9.17) is 24.5 Å². The van der Waals surface area contributed by atoms with Crippen molar-refractivity contribution >= 4 is 37.6 Å². The van der Waals surface area contributed by atoms with Crippen molar-refractivity contribution in [3.8, 4) is 0 Å². The average molecular weight is 517 g/mol. The lowest BCUT2D eigenvalue weighted by molar-refractivity contribution is -0.152. The number of fused-ring (bicyclic) bond motifs is 1. The topological polar surface area (TPSA) is 156 Å². The summed E-state index contributed by atoms with van der Waals surface area (Å²) in [5, 5.41) is 2.89. The van der Waals surface area contributed by atoms with Crippen LogP contribution in [0, 0.1) is 0 Å². The Hall–Kier alpha value is -2.51. The number of halogens is 1. The molecule has 0 radical (unpaired) electrons. The smallest absolute Gasteiger partial charge is 0.327 e. The van der Waals surface area contributed by atoms with Crippen LogP contribution in [-0.2, 0) is 28.1 Å². The lowest BCUT2D eigenvalue weighted by Crippen LogP contribution is -2.41. The molecule has 2 rings (SSSR count). The third-order valence-electron chi connectivity index (χ3n) is 4.87. The molecule has 35 heavy (non-hydrogen) atoms. The first kappa shape index (κ1) is 28.7. The number of alkyl halides is 1. The van der Waals surface area contributed by atoms with Gasteiger partial charge in [0.1, 0.15) is 18.8 Å². The van der Waals surface area contributed by atoms with Gasteiger partial charge in [0.2, 0.25) is 5.95 Å². The van der Waals surface area contributed by atoms with Crippen LogP contribution in [0.4, 0.5) is 16.2 Å². The largest absolute Gasteiger partial charge is 0.462 e. The van der Waals surface area contributed by atoms with Crippen molar-refractivity contribution in [2.75, 3.05) is 44.7 Å². The summed E-state index contributed by atoms with van der Waals surface area (Å²) in [5.74, 6) is 0.0562. The van der Waals surface area contributed by atoms with E-state index in [9.17, 15) is 13.8 Å². The van der Waals surface area contributed by atoms with Gasteiger partial charge >= 0.3 is 14.7 Å². The van der Waals surface area contributed by atoms with Gasteiger partial charge in [-0.25, -0.2) is 13.9 Å². The van der Waals surface area contributed by atoms with Crippen molar-refractivity contribution in [2.24, 2.45) is 0 Å². The SMILES string of the molecule is CC(C)OC(=O)[C@H](C)NCO[C@@H](C)[C@@H](COP=O)OC(CF)n1cnc2c(N(C)C)nc(N)nc21. The van der Waals surface area contributed by atoms with Gasteiger partial charge in [0, 0.05) is 14.1 Å². The molecule has 0 saturated heterocycles. The van der Waals surface area contributed by atoms with E-state index in [1.165, 1.54) is 10.9 Å². The monoisotopic (exact) mass is 517 g/mol. The first-order valence-corrected chi connectivity index (χ1v) is 11.7. The highest BCUT2D eigenvalue weighted by molar-refractivity contribution is 7.17. The van der Waals surface area contributed by atoms with Crippen molar-refractivity contribution in [1.82, 2.24) is 24.8 Å². The van der Waals surface area contributed by atoms with Crippen molar-refractivity contribution in [1.29, 1.82) is 0 Å². The molecule has 0 aliphatic heterocycles. The number of anilines is 2. The number of nitrogen functional groups attached to an aromatic ring is 1. The van der Waals surface area contributed by atoms with Crippen LogP contribution in [0.5, 0.6) is 0 Å². The molecule has 2 aromatic rings. The molecule has 15 heteroatoms. The molecule has 0 fully saturated rings. The molecule has 2 aromatic heterocycles. The summed E-state index contributed by atoms with van der Waals surface area (Å²) in [6.07, 6.45) is -1.48. The fraction of sp³-hybridized carbons (Fsp3) is 0.700. The molecule has 13 nitrogen and oxygen atoms in total. The highest BCUT2D eigenvalue weighted by atomic mass is 31.1. The van der Waals surface area contributed by atoms with E-state index in [0.717, 1.165) is 0 Å². The average Bonchev–Trinajstić information content (AvgIpc) is 3.21. The number of aromatic nitrogens is 4. The number of nitrogens with two attached hydrogens (primary N) is 1. The highest BCUT2D eigenvalue weighted by Crippen LogP contribution is 2.26. The minimum absolute atomic E-state index is 0.00140. The number of esters is 1. The summed E-state index contributed by atoms with van der Waals surface area (Å²) < 4.78 is 48.2. The Morgan fingerprint density at radius 2 is 2.00 bits per heavy atom. The lowest BCUT2D eigenvalue weighted by atomic mass is 10.2. The van der Waals surface area contributed by atoms with Crippen LogP contribution in [0.1, 0.15) is 33.9 Å². The molecule has 4 atom stereocenters. The standard InChI is InChI=1S/C20H33FN7O6P/c1-11(2)33-19(29)12(3)24-10-31-13(4)14(8-32-35-30)34-15(7-21)28-9-23-16-17(27(5)6)25-20(22)26-18(16)28/h9,11-15,24H,7-8,10H2,1-6H3,(H2,22,25,26)/t12-,13-,14+,15?/m0/s1. The third-order valence-corrected chi connectivity index (χ3v) is 5.13. The Labute approximate surface area is 204 Å². The summed E-state index contributed by atoms with van der Waals surface area (Å²) >= 11 is 0. The van der Waals surface area contributed by atoms with Crippen molar-refractivity contribution in [2.45, 2.75) is 58.3 Å². The molecule has 0 spiro atoms. The zero-order chi connectivity index (χ0) is 26.1. The van der Waals surface area contributed by atoms with Crippen molar-refractivity contribution in [3.05, 3.63) is 6.33 Å². The summed E-state index contributed by atoms with van der Waals surface area (Å²) in [7, 11) is 2.98. The summed E-state index contributed by atoms with van der Waals surface area (Å²) in [6, 6.07) is -0.604. The van der Waals surface area contributed by atoms with Gasteiger partial charge in [0.15, 0.2) is 23.2 Å². The van der Waals surface area contributed by atoms with Crippen molar-refractivity contribution in [3.63, 3.8) is 0 Å². The van der Waals surface area contributed by atoms with Crippen LogP contribution >= 0.6 is 8.69 Å². The second kappa shape index (κ2) is 13.5. The minimum Gasteiger partial charge on any atom is -0.462 e. The molecule has 196 valence electrons. The Kier molecular flexibility index (Phi) is 11.1. The number of ether oxygens (including phenoxy) is 3. The number of rotatable bonds is 15. The van der Waals surface area contributed by atoms with Crippen LogP contribution in [-0.4, -0.2) is 83.9 Å². The minimum atomic E-state index is -1.15. The van der Waals surface area contributed by atoms with Gasteiger partial charge < -0.3 is 24.8 Å². The van der Waals surface area contributed by atoms with Crippen LogP contribution in [0.15, 0.2) is 6.33 Å². The molecular weight excluding hydrogens is 484 g/mol. The molecule has 0 amide bonds. The Bertz CT molecular complexity index is 979. The highest BCUT2D eigenvalue weighted by Gasteiger charge is 2.27. The van der Waals surface area contributed by atoms with E-state index in [1.807, 2.05) is 0 Å². The fourth-order valence-electron chi connectivity index (χ4n) is 3.04. The van der Waals surface area contributed by atoms with E-state index in [-0.39, 0.29) is 31.0 Å². The number of nitrogens with one attached hydrogen (secondary N) is 1. The summed E-state index contributed by atoms with van der Waals surface area (Å²) in [6.45, 7) is 5.74. The second-order valence-electron chi connectivity index (χ2n) is 8.21. The van der Waals surface area contributed by atoms with Gasteiger partial charge in [0.05, 0.1) is 31.9 Å². The maximum atomic E-state index is 14.1. The first-order chi connectivity index (χ1) is 16.6. The van der Waals surface area contributed by atoms with E-state index in [1.54, 1.807) is 46.7 Å². The number of hydrogen-bond donors (Lipinski definition) is 2. The lowest BCUT2D eigenvalue weighted by Gasteiger charge is -2.28. The maximum absolute atomic E-state index is 14.1. The molecule has 0 aliphatic rings. The van der Waals surface area contributed by atoms with Gasteiger partial charge in [0.25, 0.3) is 0 Å². The predicted molar refractivity (Wildman–Crippen MR) is 127 cm³/mol. The first-order valence-electron chi connectivity index (χ1n) is 11.0. The molecular formula is C20H33FN7O6P. The Balaban J connectivity index is 2.14. The van der Waals surface area contributed by atoms with E-state index in [0.29, 0.717) is 11.3 Å². The number of carbonyl (C=O) groups excluding carboxylic acids is 1. The number of imidazole rings is 1. The van der Waals surface area contributed by atoms with Crippen LogP contribution < -0.4 is 16.0 Å². The van der Waals surface area contributed by atoms with Gasteiger partial charge in [-0.05, 0) is 27.7 Å². The van der Waals surface area contributed by atoms with Crippen LogP contribution in [0.2, 0.25) is 0 Å². The molecule has 0 aliphatic carbocycles. The van der Waals surface area contributed by atoms with Gasteiger partial charge in [-0.15, -0.1) is 0 Å². The molecule has 0 aromatic carbocycles. The van der Waals surface area contributed by atoms with Crippen molar-refractivity contribution < 1.29 is 32.5 Å². The zero-order valence-electron chi connectivity index (χ0n) is 20.7. The maximum Gasteiger partial charge on any atom is 0.327 e. The molecule has 0 bridgehead atoms. The molecule has 0 saturated carbocycles. The van der Waals surface area contributed by atoms with Crippen LogP contribution in [0.25, 0.3) is 11.2 Å². The number of carbonyl (C=O) groups is 1. The molecule has 1 unspecified atom stereocenters. The molecule has 2 heterocycles. The van der Waals surface area contributed by atoms with Gasteiger partial charge in [-0.3, -0.25) is 19.2 Å². The van der Waals surface area contributed by atoms with E-state index >= 15 is 0 Å². The third kappa shape index (κ3) is 8.00. The van der Waals surface area contributed by atoms with E-state index in [2.05, 4.69) is 20.3 Å². The quantitative estimate of drug-likeness (QED) is 0.201. The molecule has 3 N–H and O–H groups in total. The summed E-state index contributed by atoms with van der Waals surface area (Å²) in [5.41, 5.74) is 6.55. The normalized spacial score (nSPS) is 15.3. The van der Waals surface area contributed by atoms with Gasteiger partial charge in [-0.2, -0.15) is 9.97 Å². The number of hydrogen-bond acceptors (Lipinski definition) is 12. The van der Waals surface area contributed by atoms with Crippen LogP contribution in [0.3, 0.4) is 0 Å². The predicted octanol–water partition coefficient (Wildman–Crippen LogP) is 1.84. The van der Waals surface area contributed by atoms with E-state index < -0.39 is 45.8 Å². The summed E-state index contributed by atoms with van der Waals surface area (Å²) in [4.78, 5) is 26.3. The van der Waals surface area contributed by atoms with Gasteiger partial charge in [-0.1, -0.05) is 0 Å².